The molecule has 0 fully saturated rings. The Labute approximate surface area is 113 Å². The molecule has 2 N–H and O–H groups in total. The van der Waals surface area contributed by atoms with Crippen LogP contribution >= 0.6 is 46.4 Å². The molecule has 0 amide bonds. The third-order valence-electron chi connectivity index (χ3n) is 1.58. The Hall–Kier alpha value is -0.320. The fourth-order valence-corrected chi connectivity index (χ4v) is 1.62. The van der Waals surface area contributed by atoms with E-state index in [9.17, 15) is 0 Å². The summed E-state index contributed by atoms with van der Waals surface area (Å²) in [5.74, 6) is 5.64. The van der Waals surface area contributed by atoms with Crippen LogP contribution in [0.25, 0.3) is 0 Å². The third-order valence-corrected chi connectivity index (χ3v) is 2.45. The number of rotatable bonds is 4. The van der Waals surface area contributed by atoms with Crippen molar-refractivity contribution in [1.82, 2.24) is 0 Å². The lowest BCUT2D eigenvalue weighted by Crippen LogP contribution is -2.03. The van der Waals surface area contributed by atoms with Gasteiger partial charge in [-0.1, -0.05) is 46.4 Å². The van der Waals surface area contributed by atoms with Gasteiger partial charge in [-0.15, -0.1) is 0 Å². The quantitative estimate of drug-likeness (QED) is 0.857. The molecule has 0 saturated heterocycles. The normalized spacial score (nSPS) is 9.81. The Kier molecular flexibility index (Phi) is 5.52. The van der Waals surface area contributed by atoms with Gasteiger partial charge in [0.05, 0.1) is 10.0 Å². The van der Waals surface area contributed by atoms with Crippen LogP contribution in [0.3, 0.4) is 0 Å². The number of hydrogen-bond donors (Lipinski definition) is 1. The van der Waals surface area contributed by atoms with Crippen LogP contribution in [-0.2, 0) is 0 Å². The predicted molar refractivity (Wildman–Crippen MR) is 66.6 cm³/mol. The maximum atomic E-state index is 5.84. The molecule has 0 radical (unpaired) electrons. The van der Waals surface area contributed by atoms with Gasteiger partial charge in [-0.2, -0.15) is 5.90 Å². The highest BCUT2D eigenvalue weighted by Gasteiger charge is 2.09. The fraction of sp³-hybridized carbons (Fsp3) is 0.111. The molecule has 0 atom stereocenters. The van der Waals surface area contributed by atoms with E-state index in [-0.39, 0.29) is 26.9 Å². The van der Waals surface area contributed by atoms with Crippen molar-refractivity contribution in [2.24, 2.45) is 5.90 Å². The second kappa shape index (κ2) is 6.42. The Bertz CT molecular complexity index is 381. The Morgan fingerprint density at radius 1 is 1.25 bits per heavy atom. The monoisotopic (exact) mass is 301 g/mol. The molecule has 0 unspecified atom stereocenters. The van der Waals surface area contributed by atoms with Crippen LogP contribution in [0.2, 0.25) is 10.0 Å². The molecule has 0 bridgehead atoms. The van der Waals surface area contributed by atoms with Crippen LogP contribution in [0.4, 0.5) is 0 Å². The van der Waals surface area contributed by atoms with Crippen LogP contribution in [0.5, 0.6) is 11.5 Å². The standard InChI is InChI=1S/C9H7Cl4NO2/c10-6-3-5(15-2-1-8(12)13)4-7(11)9(6)16-14/h1,3-4H,2,14H2. The average Bonchev–Trinajstić information content (AvgIpc) is 2.16. The maximum absolute atomic E-state index is 5.84. The molecular weight excluding hydrogens is 296 g/mol. The molecule has 3 nitrogen and oxygen atoms in total. The lowest BCUT2D eigenvalue weighted by atomic mass is 10.3. The lowest BCUT2D eigenvalue weighted by molar-refractivity contribution is 0.332. The number of benzene rings is 1. The summed E-state index contributed by atoms with van der Waals surface area (Å²) in [6.45, 7) is 0.206. The molecule has 0 spiro atoms. The van der Waals surface area contributed by atoms with Crippen molar-refractivity contribution in [2.45, 2.75) is 0 Å². The first-order valence-electron chi connectivity index (χ1n) is 4.04. The van der Waals surface area contributed by atoms with E-state index in [2.05, 4.69) is 4.84 Å². The number of hydrogen-bond acceptors (Lipinski definition) is 3. The van der Waals surface area contributed by atoms with Gasteiger partial charge in [0.1, 0.15) is 16.8 Å². The van der Waals surface area contributed by atoms with E-state index in [1.54, 1.807) is 0 Å². The molecule has 88 valence electrons. The number of nitrogens with two attached hydrogens (primary N) is 1. The minimum atomic E-state index is 0.124. The van der Waals surface area contributed by atoms with E-state index in [1.165, 1.54) is 18.2 Å². The fourth-order valence-electron chi connectivity index (χ4n) is 0.933. The average molecular weight is 303 g/mol. The summed E-state index contributed by atoms with van der Waals surface area (Å²) in [5.41, 5.74) is 0. The third kappa shape index (κ3) is 3.92. The largest absolute Gasteiger partial charge is 0.489 e. The summed E-state index contributed by atoms with van der Waals surface area (Å²) < 4.78 is 5.39. The second-order valence-corrected chi connectivity index (χ2v) is 4.46. The van der Waals surface area contributed by atoms with Crippen molar-refractivity contribution in [3.63, 3.8) is 0 Å². The second-order valence-electron chi connectivity index (χ2n) is 2.64. The van der Waals surface area contributed by atoms with Crippen molar-refractivity contribution in [3.05, 3.63) is 32.7 Å². The van der Waals surface area contributed by atoms with Gasteiger partial charge in [-0.25, -0.2) is 0 Å². The predicted octanol–water partition coefficient (Wildman–Crippen LogP) is 3.94. The van der Waals surface area contributed by atoms with Gasteiger partial charge in [0.25, 0.3) is 0 Å². The molecule has 0 aliphatic heterocycles. The Morgan fingerprint density at radius 3 is 2.25 bits per heavy atom. The molecular formula is C9H7Cl4NO2. The van der Waals surface area contributed by atoms with Crippen molar-refractivity contribution in [3.8, 4) is 11.5 Å². The molecule has 7 heteroatoms. The van der Waals surface area contributed by atoms with E-state index < -0.39 is 0 Å². The van der Waals surface area contributed by atoms with Crippen LogP contribution < -0.4 is 15.5 Å². The van der Waals surface area contributed by atoms with E-state index in [0.29, 0.717) is 5.75 Å². The van der Waals surface area contributed by atoms with Gasteiger partial charge in [-0.3, -0.25) is 0 Å². The molecule has 16 heavy (non-hydrogen) atoms. The topological polar surface area (TPSA) is 44.5 Å². The van der Waals surface area contributed by atoms with E-state index >= 15 is 0 Å². The van der Waals surface area contributed by atoms with E-state index in [1.807, 2.05) is 0 Å². The molecule has 0 heterocycles. The maximum Gasteiger partial charge on any atom is 0.184 e. The molecule has 1 aromatic rings. The smallest absolute Gasteiger partial charge is 0.184 e. The number of halogens is 4. The van der Waals surface area contributed by atoms with Gasteiger partial charge in [0.15, 0.2) is 5.75 Å². The van der Waals surface area contributed by atoms with Gasteiger partial charge in [-0.05, 0) is 6.08 Å². The van der Waals surface area contributed by atoms with Crippen LogP contribution in [0, 0.1) is 0 Å². The molecule has 0 aromatic heterocycles. The lowest BCUT2D eigenvalue weighted by Gasteiger charge is -2.08. The van der Waals surface area contributed by atoms with Gasteiger partial charge >= 0.3 is 0 Å². The zero-order chi connectivity index (χ0) is 12.1. The first-order chi connectivity index (χ1) is 7.54. The summed E-state index contributed by atoms with van der Waals surface area (Å²) >= 11 is 22.5. The molecule has 0 aliphatic rings. The van der Waals surface area contributed by atoms with Gasteiger partial charge in [0.2, 0.25) is 0 Å². The van der Waals surface area contributed by atoms with Crippen LogP contribution in [0.15, 0.2) is 22.7 Å². The van der Waals surface area contributed by atoms with Crippen LogP contribution in [0.1, 0.15) is 0 Å². The summed E-state index contributed by atoms with van der Waals surface area (Å²) in [7, 11) is 0. The first kappa shape index (κ1) is 13.7. The highest BCUT2D eigenvalue weighted by molar-refractivity contribution is 6.55. The minimum Gasteiger partial charge on any atom is -0.489 e. The summed E-state index contributed by atoms with van der Waals surface area (Å²) in [4.78, 5) is 4.50. The highest BCUT2D eigenvalue weighted by Crippen LogP contribution is 2.36. The summed E-state index contributed by atoms with van der Waals surface area (Å²) in [6.07, 6.45) is 1.48. The highest BCUT2D eigenvalue weighted by atomic mass is 35.5. The molecule has 1 aromatic carbocycles. The summed E-state index contributed by atoms with van der Waals surface area (Å²) in [5, 5.41) is 0.511. The SMILES string of the molecule is NOc1c(Cl)cc(OCC=C(Cl)Cl)cc1Cl. The minimum absolute atomic E-state index is 0.124. The molecule has 1 rings (SSSR count). The van der Waals surface area contributed by atoms with E-state index in [0.717, 1.165) is 0 Å². The van der Waals surface area contributed by atoms with Crippen molar-refractivity contribution in [1.29, 1.82) is 0 Å². The van der Waals surface area contributed by atoms with E-state index in [4.69, 9.17) is 57.0 Å². The van der Waals surface area contributed by atoms with Gasteiger partial charge < -0.3 is 9.57 Å². The van der Waals surface area contributed by atoms with Gasteiger partial charge in [0, 0.05) is 12.1 Å². The molecule has 0 aliphatic carbocycles. The Balaban J connectivity index is 2.80. The van der Waals surface area contributed by atoms with Crippen molar-refractivity contribution in [2.75, 3.05) is 6.61 Å². The van der Waals surface area contributed by atoms with Crippen molar-refractivity contribution < 1.29 is 9.57 Å². The zero-order valence-corrected chi connectivity index (χ0v) is 10.9. The number of ether oxygens (including phenoxy) is 1. The summed E-state index contributed by atoms with van der Waals surface area (Å²) in [6, 6.07) is 3.04. The first-order valence-corrected chi connectivity index (χ1v) is 5.55. The Morgan fingerprint density at radius 2 is 1.81 bits per heavy atom. The molecule has 0 saturated carbocycles. The van der Waals surface area contributed by atoms with Crippen LogP contribution in [-0.4, -0.2) is 6.61 Å². The zero-order valence-electron chi connectivity index (χ0n) is 7.84. The van der Waals surface area contributed by atoms with Crippen molar-refractivity contribution >= 4 is 46.4 Å².